The standard InChI is InChI=1S/C68H46N12/c1-40-70-41(2)73-66(72-40)49-28-32-60-54(36-49)52-19-11-13-21-58(52)79(60)62-31-27-48(45-25-23-44(39-69)24-26-45)35-56(62)57-38-51(68-77-64(46-15-7-5-8-16-46)76-65(78-68)47-17-9-6-10-18-47)30-34-63(57)80-59-22-14-12-20-53(59)55-37-50(29-33-61(55)80)67-74-42(3)71-43(4)75-67/h5-38H,1-4H3. The van der Waals surface area contributed by atoms with E-state index in [0.29, 0.717) is 58.0 Å². The van der Waals surface area contributed by atoms with Crippen LogP contribution in [-0.4, -0.2) is 54.0 Å². The maximum atomic E-state index is 9.88. The Bertz CT molecular complexity index is 4730. The minimum Gasteiger partial charge on any atom is -0.309 e. The summed E-state index contributed by atoms with van der Waals surface area (Å²) < 4.78 is 4.73. The summed E-state index contributed by atoms with van der Waals surface area (Å²) in [5.41, 5.74) is 14.7. The van der Waals surface area contributed by atoms with Crippen molar-refractivity contribution in [3.8, 4) is 96.6 Å². The number of nitrogens with zero attached hydrogens (tertiary/aromatic N) is 12. The average molecular weight is 1030 g/mol. The zero-order valence-electron chi connectivity index (χ0n) is 44.0. The van der Waals surface area contributed by atoms with Gasteiger partial charge in [0.2, 0.25) is 0 Å². The van der Waals surface area contributed by atoms with Crippen LogP contribution in [0.1, 0.15) is 28.9 Å². The summed E-state index contributed by atoms with van der Waals surface area (Å²) >= 11 is 0. The molecule has 0 N–H and O–H groups in total. The number of hydrogen-bond donors (Lipinski definition) is 0. The first-order valence-corrected chi connectivity index (χ1v) is 26.3. The van der Waals surface area contributed by atoms with Crippen LogP contribution in [0.3, 0.4) is 0 Å². The Labute approximate surface area is 460 Å². The van der Waals surface area contributed by atoms with Gasteiger partial charge >= 0.3 is 0 Å². The first-order valence-electron chi connectivity index (χ1n) is 26.3. The van der Waals surface area contributed by atoms with E-state index in [1.165, 1.54) is 0 Å². The van der Waals surface area contributed by atoms with Crippen LogP contribution in [0.2, 0.25) is 0 Å². The molecule has 5 heterocycles. The van der Waals surface area contributed by atoms with E-state index >= 15 is 0 Å². The van der Waals surface area contributed by atoms with Crippen LogP contribution in [0, 0.1) is 39.0 Å². The number of aromatic nitrogens is 11. The van der Waals surface area contributed by atoms with Gasteiger partial charge in [0.25, 0.3) is 0 Å². The maximum Gasteiger partial charge on any atom is 0.164 e. The van der Waals surface area contributed by atoms with E-state index in [2.05, 4.69) is 146 Å². The molecule has 12 heteroatoms. The molecular formula is C68H46N12. The zero-order chi connectivity index (χ0) is 54.0. The summed E-state index contributed by atoms with van der Waals surface area (Å²) in [7, 11) is 0. The third kappa shape index (κ3) is 8.37. The smallest absolute Gasteiger partial charge is 0.164 e. The van der Waals surface area contributed by atoms with Crippen LogP contribution in [0.4, 0.5) is 0 Å². The van der Waals surface area contributed by atoms with Crippen LogP contribution in [0.25, 0.3) is 134 Å². The van der Waals surface area contributed by atoms with E-state index in [-0.39, 0.29) is 0 Å². The fourth-order valence-corrected chi connectivity index (χ4v) is 11.1. The van der Waals surface area contributed by atoms with E-state index in [1.54, 1.807) is 0 Å². The van der Waals surface area contributed by atoms with Crippen LogP contribution in [0.15, 0.2) is 206 Å². The third-order valence-electron chi connectivity index (χ3n) is 14.6. The number of rotatable bonds is 9. The lowest BCUT2D eigenvalue weighted by atomic mass is 9.94. The molecule has 0 saturated carbocycles. The summed E-state index contributed by atoms with van der Waals surface area (Å²) in [4.78, 5) is 43.6. The van der Waals surface area contributed by atoms with Crippen LogP contribution < -0.4 is 0 Å². The summed E-state index contributed by atoms with van der Waals surface area (Å²) in [6.07, 6.45) is 0. The van der Waals surface area contributed by atoms with Crippen molar-refractivity contribution in [3.63, 3.8) is 0 Å². The normalized spacial score (nSPS) is 11.5. The largest absolute Gasteiger partial charge is 0.309 e. The number of aryl methyl sites for hydroxylation is 4. The predicted octanol–water partition coefficient (Wildman–Crippen LogP) is 15.2. The number of hydrogen-bond acceptors (Lipinski definition) is 10. The summed E-state index contributed by atoms with van der Waals surface area (Å²) in [6.45, 7) is 7.59. The Morgan fingerprint density at radius 3 is 1.10 bits per heavy atom. The molecule has 0 spiro atoms. The minimum atomic E-state index is 0.526. The second kappa shape index (κ2) is 19.3. The predicted molar refractivity (Wildman–Crippen MR) is 317 cm³/mol. The summed E-state index contributed by atoms with van der Waals surface area (Å²) in [5.74, 6) is 5.59. The van der Waals surface area contributed by atoms with E-state index in [1.807, 2.05) is 113 Å². The highest BCUT2D eigenvalue weighted by Gasteiger charge is 2.24. The molecule has 12 nitrogen and oxygen atoms in total. The fraction of sp³-hybridized carbons (Fsp3) is 0.0588. The topological polar surface area (TPSA) is 150 Å². The molecule has 14 rings (SSSR count). The Kier molecular flexibility index (Phi) is 11.5. The van der Waals surface area contributed by atoms with Gasteiger partial charge in [-0.1, -0.05) is 115 Å². The van der Waals surface area contributed by atoms with Gasteiger partial charge in [-0.15, -0.1) is 0 Å². The van der Waals surface area contributed by atoms with Gasteiger partial charge in [-0.25, -0.2) is 44.9 Å². The molecule has 0 fully saturated rings. The van der Waals surface area contributed by atoms with Crippen molar-refractivity contribution in [2.24, 2.45) is 0 Å². The van der Waals surface area contributed by atoms with Crippen LogP contribution in [0.5, 0.6) is 0 Å². The molecular weight excluding hydrogens is 985 g/mol. The van der Waals surface area contributed by atoms with E-state index in [4.69, 9.17) is 34.9 Å². The van der Waals surface area contributed by atoms with Crippen molar-refractivity contribution in [2.75, 3.05) is 0 Å². The summed E-state index contributed by atoms with van der Waals surface area (Å²) in [5, 5.41) is 14.1. The van der Waals surface area contributed by atoms with Gasteiger partial charge < -0.3 is 9.13 Å². The lowest BCUT2D eigenvalue weighted by Crippen LogP contribution is -2.04. The van der Waals surface area contributed by atoms with E-state index in [9.17, 15) is 5.26 Å². The fourth-order valence-electron chi connectivity index (χ4n) is 11.1. The van der Waals surface area contributed by atoms with Gasteiger partial charge in [0.05, 0.1) is 45.1 Å². The number of nitriles is 1. The monoisotopic (exact) mass is 1030 g/mol. The number of benzene rings is 9. The lowest BCUT2D eigenvalue weighted by molar-refractivity contribution is 0.928. The van der Waals surface area contributed by atoms with Crippen molar-refractivity contribution in [3.05, 3.63) is 235 Å². The number of fused-ring (bicyclic) bond motifs is 6. The molecule has 0 radical (unpaired) electrons. The van der Waals surface area contributed by atoms with Crippen molar-refractivity contribution < 1.29 is 0 Å². The highest BCUT2D eigenvalue weighted by atomic mass is 15.1. The van der Waals surface area contributed by atoms with Gasteiger partial charge in [0.15, 0.2) is 29.1 Å². The zero-order valence-corrected chi connectivity index (χ0v) is 44.0. The molecule has 0 atom stereocenters. The quantitative estimate of drug-likeness (QED) is 0.137. The van der Waals surface area contributed by atoms with Crippen LogP contribution >= 0.6 is 0 Å². The second-order valence-electron chi connectivity index (χ2n) is 19.9. The number of para-hydroxylation sites is 2. The maximum absolute atomic E-state index is 9.88. The molecule has 0 aliphatic heterocycles. The van der Waals surface area contributed by atoms with Gasteiger partial charge in [-0.05, 0) is 130 Å². The van der Waals surface area contributed by atoms with Crippen molar-refractivity contribution in [2.45, 2.75) is 27.7 Å². The van der Waals surface area contributed by atoms with Gasteiger partial charge in [0.1, 0.15) is 23.3 Å². The van der Waals surface area contributed by atoms with Crippen molar-refractivity contribution in [1.29, 1.82) is 5.26 Å². The average Bonchev–Trinajstić information content (AvgIpc) is 4.10. The van der Waals surface area contributed by atoms with E-state index in [0.717, 1.165) is 105 Å². The molecule has 0 aliphatic carbocycles. The molecule has 9 aromatic carbocycles. The van der Waals surface area contributed by atoms with Gasteiger partial charge in [0, 0.05) is 60.5 Å². The minimum absolute atomic E-state index is 0.526. The molecule has 378 valence electrons. The van der Waals surface area contributed by atoms with Crippen molar-refractivity contribution >= 4 is 43.6 Å². The first-order chi connectivity index (χ1) is 39.2. The second-order valence-corrected chi connectivity index (χ2v) is 19.9. The molecule has 0 aliphatic rings. The van der Waals surface area contributed by atoms with Gasteiger partial charge in [-0.3, -0.25) is 0 Å². The molecule has 5 aromatic heterocycles. The Morgan fingerprint density at radius 2 is 0.637 bits per heavy atom. The van der Waals surface area contributed by atoms with Gasteiger partial charge in [-0.2, -0.15) is 5.26 Å². The molecule has 14 aromatic rings. The molecule has 0 saturated heterocycles. The Hall–Kier alpha value is -10.9. The summed E-state index contributed by atoms with van der Waals surface area (Å²) in [6, 6.07) is 73.5. The molecule has 0 unspecified atom stereocenters. The highest BCUT2D eigenvalue weighted by Crippen LogP contribution is 2.44. The van der Waals surface area contributed by atoms with Crippen molar-refractivity contribution in [1.82, 2.24) is 54.0 Å². The lowest BCUT2D eigenvalue weighted by Gasteiger charge is -2.21. The van der Waals surface area contributed by atoms with E-state index < -0.39 is 0 Å². The molecule has 0 amide bonds. The third-order valence-corrected chi connectivity index (χ3v) is 14.6. The molecule has 0 bridgehead atoms. The SMILES string of the molecule is Cc1nc(C)nc(-c2ccc3c(c2)c2ccccc2n3-c2ccc(-c3ccc(C#N)cc3)cc2-c2cc(-c3nc(-c4ccccc4)nc(-c4ccccc4)n3)ccc2-n2c3ccccc3c3cc(-c4nc(C)nc(C)n4)ccc32)n1. The highest BCUT2D eigenvalue weighted by molar-refractivity contribution is 6.13. The first kappa shape index (κ1) is 47.5. The van der Waals surface area contributed by atoms with Crippen LogP contribution in [-0.2, 0) is 0 Å². The Morgan fingerprint density at radius 1 is 0.287 bits per heavy atom. The Balaban J connectivity index is 1.08. The molecule has 80 heavy (non-hydrogen) atoms.